The summed E-state index contributed by atoms with van der Waals surface area (Å²) in [4.78, 5) is 39.4. The molecule has 0 unspecified atom stereocenters. The maximum atomic E-state index is 14.1. The molecule has 2 saturated heterocycles. The molecule has 9 heteroatoms. The van der Waals surface area contributed by atoms with E-state index < -0.39 is 5.41 Å². The van der Waals surface area contributed by atoms with Gasteiger partial charge in [-0.1, -0.05) is 6.07 Å². The van der Waals surface area contributed by atoms with E-state index in [2.05, 4.69) is 33.2 Å². The Morgan fingerprint density at radius 2 is 1.95 bits per heavy atom. The van der Waals surface area contributed by atoms with E-state index in [0.717, 1.165) is 42.0 Å². The van der Waals surface area contributed by atoms with Gasteiger partial charge in [0.05, 0.1) is 34.5 Å². The fraction of sp³-hybridized carbons (Fsp3) is 0.406. The molecular formula is C32H36N6O3. The molecule has 0 saturated carbocycles. The van der Waals surface area contributed by atoms with Gasteiger partial charge in [-0.2, -0.15) is 5.26 Å². The van der Waals surface area contributed by atoms with Crippen LogP contribution < -0.4 is 15.0 Å². The predicted octanol–water partition coefficient (Wildman–Crippen LogP) is 3.98. The number of nitrogens with one attached hydrogen (secondary N) is 1. The first-order chi connectivity index (χ1) is 19.8. The van der Waals surface area contributed by atoms with Crippen LogP contribution in [0.25, 0.3) is 11.3 Å². The second-order valence-corrected chi connectivity index (χ2v) is 10.9. The quantitative estimate of drug-likeness (QED) is 0.418. The zero-order valence-electron chi connectivity index (χ0n) is 23.9. The molecule has 2 aliphatic heterocycles. The summed E-state index contributed by atoms with van der Waals surface area (Å²) < 4.78 is 5.71. The average molecular weight is 553 g/mol. The van der Waals surface area contributed by atoms with Crippen LogP contribution in [0, 0.1) is 11.3 Å². The first-order valence-corrected chi connectivity index (χ1v) is 14.2. The van der Waals surface area contributed by atoms with Gasteiger partial charge in [0, 0.05) is 43.6 Å². The third kappa shape index (κ3) is 5.79. The van der Waals surface area contributed by atoms with Crippen molar-refractivity contribution in [2.24, 2.45) is 0 Å². The van der Waals surface area contributed by atoms with Gasteiger partial charge in [-0.3, -0.25) is 14.6 Å². The molecule has 2 aliphatic rings. The molecule has 3 aromatic rings. The number of benzene rings is 1. The Morgan fingerprint density at radius 3 is 2.59 bits per heavy atom. The van der Waals surface area contributed by atoms with Gasteiger partial charge in [-0.25, -0.2) is 4.98 Å². The first-order valence-electron chi connectivity index (χ1n) is 14.2. The van der Waals surface area contributed by atoms with E-state index in [-0.39, 0.29) is 17.7 Å². The van der Waals surface area contributed by atoms with E-state index >= 15 is 0 Å². The minimum atomic E-state index is -0.757. The minimum absolute atomic E-state index is 0.0239. The number of carbonyl (C=O) groups is 2. The second kappa shape index (κ2) is 12.1. The van der Waals surface area contributed by atoms with Crippen LogP contribution in [-0.4, -0.2) is 72.4 Å². The second-order valence-electron chi connectivity index (χ2n) is 10.9. The molecule has 1 N–H and O–H groups in total. The molecule has 9 nitrogen and oxygen atoms in total. The molecule has 2 fully saturated rings. The summed E-state index contributed by atoms with van der Waals surface area (Å²) in [5.41, 5.74) is 3.44. The Labute approximate surface area is 241 Å². The zero-order chi connectivity index (χ0) is 29.0. The lowest BCUT2D eigenvalue weighted by molar-refractivity contribution is -0.128. The number of hydrogen-bond acceptors (Lipinski definition) is 8. The normalized spacial score (nSPS) is 18.5. The fourth-order valence-corrected chi connectivity index (χ4v) is 5.95. The number of likely N-dealkylation sites (N-methyl/N-ethyl adjacent to an activating group) is 1. The molecule has 1 atom stereocenters. The summed E-state index contributed by atoms with van der Waals surface area (Å²) in [6.07, 6.45) is 5.58. The van der Waals surface area contributed by atoms with Crippen LogP contribution in [0.3, 0.4) is 0 Å². The van der Waals surface area contributed by atoms with E-state index in [0.29, 0.717) is 49.5 Å². The van der Waals surface area contributed by atoms with Crippen molar-refractivity contribution < 1.29 is 14.3 Å². The van der Waals surface area contributed by atoms with Crippen LogP contribution in [0.15, 0.2) is 54.9 Å². The third-order valence-corrected chi connectivity index (χ3v) is 8.29. The van der Waals surface area contributed by atoms with Crippen molar-refractivity contribution in [1.29, 1.82) is 5.26 Å². The van der Waals surface area contributed by atoms with Gasteiger partial charge in [-0.15, -0.1) is 0 Å². The zero-order valence-corrected chi connectivity index (χ0v) is 23.9. The number of hydrogen-bond donors (Lipinski definition) is 1. The van der Waals surface area contributed by atoms with E-state index in [1.165, 1.54) is 6.92 Å². The molecule has 1 amide bonds. The number of anilines is 1. The number of nitrogens with zero attached hydrogens (tertiary/aromatic N) is 5. The van der Waals surface area contributed by atoms with E-state index in [4.69, 9.17) is 9.72 Å². The van der Waals surface area contributed by atoms with Gasteiger partial charge in [0.25, 0.3) is 0 Å². The molecular weight excluding hydrogens is 516 g/mol. The maximum absolute atomic E-state index is 14.1. The summed E-state index contributed by atoms with van der Waals surface area (Å²) >= 11 is 0. The van der Waals surface area contributed by atoms with Crippen LogP contribution >= 0.6 is 0 Å². The Balaban J connectivity index is 1.44. The van der Waals surface area contributed by atoms with Gasteiger partial charge in [-0.05, 0) is 88.7 Å². The molecule has 0 radical (unpaired) electrons. The topological polar surface area (TPSA) is 111 Å². The molecule has 4 heterocycles. The maximum Gasteiger partial charge on any atom is 0.231 e. The van der Waals surface area contributed by atoms with Crippen molar-refractivity contribution in [2.75, 3.05) is 44.7 Å². The number of ketones is 1. The van der Waals surface area contributed by atoms with Gasteiger partial charge in [0.2, 0.25) is 11.8 Å². The molecule has 41 heavy (non-hydrogen) atoms. The Morgan fingerprint density at radius 1 is 1.15 bits per heavy atom. The number of aromatic nitrogens is 2. The van der Waals surface area contributed by atoms with Crippen LogP contribution in [0.4, 0.5) is 5.69 Å². The standard InChI is InChI=1S/C32H36N6O3/c1-4-41-30-27(6-5-14-34-30)28-9-8-25(20-35-28)32(31(40)36-26-11-15-37(3)21-26)12-16-38(17-13-32)29-10-7-23(22(2)39)18-24(29)19-33/h5-10,14,18,20,26H,4,11-13,15-17,21H2,1-3H3,(H,36,40)/t26-/m0/s1. The van der Waals surface area contributed by atoms with Crippen molar-refractivity contribution in [3.05, 3.63) is 71.5 Å². The molecule has 0 aliphatic carbocycles. The van der Waals surface area contributed by atoms with Crippen LogP contribution in [0.1, 0.15) is 54.6 Å². The molecule has 1 aromatic carbocycles. The highest BCUT2D eigenvalue weighted by Crippen LogP contribution is 2.39. The lowest BCUT2D eigenvalue weighted by Gasteiger charge is -2.42. The summed E-state index contributed by atoms with van der Waals surface area (Å²) in [6, 6.07) is 15.4. The number of nitriles is 1. The summed E-state index contributed by atoms with van der Waals surface area (Å²) in [7, 11) is 2.07. The molecule has 0 bridgehead atoms. The highest BCUT2D eigenvalue weighted by molar-refractivity contribution is 5.95. The Hall–Kier alpha value is -4.29. The lowest BCUT2D eigenvalue weighted by atomic mass is 9.72. The van der Waals surface area contributed by atoms with E-state index in [9.17, 15) is 14.9 Å². The van der Waals surface area contributed by atoms with Gasteiger partial charge >= 0.3 is 0 Å². The third-order valence-electron chi connectivity index (χ3n) is 8.29. The summed E-state index contributed by atoms with van der Waals surface area (Å²) in [6.45, 7) is 6.89. The molecule has 5 rings (SSSR count). The number of amides is 1. The lowest BCUT2D eigenvalue weighted by Crippen LogP contribution is -2.54. The smallest absolute Gasteiger partial charge is 0.231 e. The summed E-state index contributed by atoms with van der Waals surface area (Å²) in [5.74, 6) is 0.483. The highest BCUT2D eigenvalue weighted by Gasteiger charge is 2.44. The molecule has 2 aromatic heterocycles. The van der Waals surface area contributed by atoms with E-state index in [1.54, 1.807) is 18.3 Å². The van der Waals surface area contributed by atoms with Gasteiger partial charge in [0.1, 0.15) is 6.07 Å². The summed E-state index contributed by atoms with van der Waals surface area (Å²) in [5, 5.41) is 13.1. The van der Waals surface area contributed by atoms with Crippen molar-refractivity contribution in [2.45, 2.75) is 44.6 Å². The fourth-order valence-electron chi connectivity index (χ4n) is 5.95. The number of carbonyl (C=O) groups excluding carboxylic acids is 2. The van der Waals surface area contributed by atoms with Crippen LogP contribution in [0.2, 0.25) is 0 Å². The Bertz CT molecular complexity index is 1460. The van der Waals surface area contributed by atoms with Crippen molar-refractivity contribution in [3.8, 4) is 23.2 Å². The number of piperidine rings is 1. The largest absolute Gasteiger partial charge is 0.477 e. The molecule has 0 spiro atoms. The first kappa shape index (κ1) is 28.2. The number of ether oxygens (including phenoxy) is 1. The monoisotopic (exact) mass is 552 g/mol. The van der Waals surface area contributed by atoms with Crippen LogP contribution in [0.5, 0.6) is 5.88 Å². The van der Waals surface area contributed by atoms with Crippen molar-refractivity contribution in [1.82, 2.24) is 20.2 Å². The number of pyridine rings is 2. The predicted molar refractivity (Wildman–Crippen MR) is 157 cm³/mol. The van der Waals surface area contributed by atoms with Gasteiger partial charge < -0.3 is 19.9 Å². The SMILES string of the molecule is CCOc1ncccc1-c1ccc(C2(C(=O)N[C@H]3CCN(C)C3)CCN(c3ccc(C(C)=O)cc3C#N)CC2)cn1. The van der Waals surface area contributed by atoms with Crippen molar-refractivity contribution >= 4 is 17.4 Å². The van der Waals surface area contributed by atoms with Gasteiger partial charge in [0.15, 0.2) is 5.78 Å². The average Bonchev–Trinajstić information content (AvgIpc) is 3.41. The highest BCUT2D eigenvalue weighted by atomic mass is 16.5. The van der Waals surface area contributed by atoms with Crippen LogP contribution in [-0.2, 0) is 10.2 Å². The number of Topliss-reactive ketones (excluding diaryl/α,β-unsaturated/α-hetero) is 1. The van der Waals surface area contributed by atoms with Crippen molar-refractivity contribution in [3.63, 3.8) is 0 Å². The minimum Gasteiger partial charge on any atom is -0.477 e. The molecule has 212 valence electrons. The Kier molecular flexibility index (Phi) is 8.31. The number of likely N-dealkylation sites (tertiary alicyclic amines) is 1. The number of rotatable bonds is 8. The van der Waals surface area contributed by atoms with E-state index in [1.807, 2.05) is 43.5 Å².